The number of nitrogens with one attached hydrogen (secondary N) is 6. The van der Waals surface area contributed by atoms with Crippen LogP contribution in [0.3, 0.4) is 0 Å². The average Bonchev–Trinajstić information content (AvgIpc) is 0.807. The number of fused-ring (bicyclic) bond motifs is 4. The van der Waals surface area contributed by atoms with Gasteiger partial charge in [-0.3, -0.25) is 48.7 Å². The van der Waals surface area contributed by atoms with Crippen molar-refractivity contribution < 1.29 is 57.9 Å². The number of nitrogens with two attached hydrogens (primary N) is 1. The van der Waals surface area contributed by atoms with E-state index in [1.54, 1.807) is 182 Å². The molecule has 0 saturated heterocycles. The molecular weight excluding hydrogens is 1580 g/mol. The number of hydrogen-bond donors (Lipinski definition) is 8. The Morgan fingerprint density at radius 1 is 0.410 bits per heavy atom. The Morgan fingerprint density at radius 2 is 0.726 bits per heavy atom. The topological polar surface area (TPSA) is 392 Å². The van der Waals surface area contributed by atoms with Crippen LogP contribution in [-0.2, 0) is 67.3 Å². The molecule has 0 atom stereocenters. The zero-order chi connectivity index (χ0) is 84.1. The largest absolute Gasteiger partial charge is 0.481 e. The number of amides is 1. The molecule has 0 aliphatic rings. The monoisotopic (exact) mass is 1670 g/mol. The maximum absolute atomic E-state index is 12.8. The number of aliphatic carboxylic acids is 1. The van der Waals surface area contributed by atoms with Crippen LogP contribution in [-0.4, -0.2) is 99.7 Å². The minimum atomic E-state index is -3.77. The molecule has 0 radical (unpaired) electrons. The van der Waals surface area contributed by atoms with Gasteiger partial charge in [0.2, 0.25) is 0 Å². The number of rotatable bonds is 25. The molecule has 117 heavy (non-hydrogen) atoms. The number of benzene rings is 9. The number of carboxylic acids is 1. The van der Waals surface area contributed by atoms with Crippen molar-refractivity contribution in [3.63, 3.8) is 0 Å². The normalized spacial score (nSPS) is 11.6. The van der Waals surface area contributed by atoms with Crippen molar-refractivity contribution in [1.29, 1.82) is 0 Å². The third-order valence-electron chi connectivity index (χ3n) is 17.2. The Morgan fingerprint density at radius 3 is 1.05 bits per heavy atom. The summed E-state index contributed by atoms with van der Waals surface area (Å²) in [5, 5.41) is 19.8. The zero-order valence-corrected chi connectivity index (χ0v) is 68.8. The molecule has 4 heterocycles. The minimum absolute atomic E-state index is 0.0404. The maximum atomic E-state index is 12.8. The van der Waals surface area contributed by atoms with Gasteiger partial charge in [-0.05, 0) is 196 Å². The van der Waals surface area contributed by atoms with Crippen molar-refractivity contribution in [1.82, 2.24) is 30.8 Å². The summed E-state index contributed by atoms with van der Waals surface area (Å²) < 4.78 is 118. The van der Waals surface area contributed by atoms with Crippen LogP contribution in [0.1, 0.15) is 102 Å². The molecule has 9 aromatic carbocycles. The highest BCUT2D eigenvalue weighted by atomic mass is 32.2. The van der Waals surface area contributed by atoms with Crippen LogP contribution in [0.2, 0.25) is 0 Å². The molecule has 13 aromatic rings. The number of carboxylic acid groups (broad SMARTS) is 1. The van der Waals surface area contributed by atoms with Crippen molar-refractivity contribution in [3.05, 3.63) is 299 Å². The number of esters is 1. The maximum Gasteiger partial charge on any atom is 0.306 e. The van der Waals surface area contributed by atoms with Crippen LogP contribution in [0, 0.1) is 27.7 Å². The van der Waals surface area contributed by atoms with Crippen molar-refractivity contribution in [2.45, 2.75) is 112 Å². The number of ether oxygens (including phenoxy) is 1. The molecule has 0 unspecified atom stereocenters. The molecule has 602 valence electrons. The van der Waals surface area contributed by atoms with Crippen LogP contribution in [0.15, 0.2) is 279 Å². The molecule has 31 heteroatoms. The van der Waals surface area contributed by atoms with E-state index in [0.29, 0.717) is 93.9 Å². The van der Waals surface area contributed by atoms with Crippen molar-refractivity contribution in [2.75, 3.05) is 18.9 Å². The molecular formula is C86H85N13O13S5. The molecule has 13 rings (SSSR count). The molecule has 9 N–H and O–H groups in total. The highest BCUT2D eigenvalue weighted by Gasteiger charge is 2.22. The number of aromatic nitrogens is 4. The number of para-hydroxylation sites is 4. The van der Waals surface area contributed by atoms with E-state index in [-0.39, 0.29) is 43.0 Å². The summed E-state index contributed by atoms with van der Waals surface area (Å²) in [4.78, 5) is 53.6. The van der Waals surface area contributed by atoms with Crippen LogP contribution in [0.4, 0.5) is 22.7 Å². The van der Waals surface area contributed by atoms with E-state index in [1.165, 1.54) is 12.4 Å². The predicted molar refractivity (Wildman–Crippen MR) is 463 cm³/mol. The zero-order valence-electron chi connectivity index (χ0n) is 64.7. The lowest BCUT2D eigenvalue weighted by Crippen LogP contribution is -2.24. The van der Waals surface area contributed by atoms with Gasteiger partial charge in [-0.2, -0.15) is 10.2 Å². The fourth-order valence-electron chi connectivity index (χ4n) is 11.3. The number of carbonyl (C=O) groups excluding carboxylic acids is 2. The van der Waals surface area contributed by atoms with E-state index in [1.807, 2.05) is 115 Å². The standard InChI is InChI=1S/C24H20N4O3S.C24H28N2O4S.C20H20N2O4S.C18H17N5O2S2/c1-17-10-14-21(15-11-17)32(30,31)28-22-9-5-8-18-12-13-20(26-23(18)22)16-25-27-24(29)19-6-3-2-4-7-19;1-17-11-15-20(16-12-17)31(28,29)26-21-9-5-7-18-13-14-19(25-23(18)21)8-6-10-22(27)30-24(2,3)4;1-14-8-12-17(13-9-14)27(25,26)22-18-6-2-4-15-10-11-16(21-20(15)18)5-3-7-19(23)24;1-12-5-9-15(10-6-12)27(24,25)23-16-4-2-3-13-7-8-14(21-17(13)16)11-20-22-18(19)26/h2-16,28H,1H3,(H,27,29);5,7,9,11-16,26H,6,8,10H2,1-4H3;2,4,6,8-13,22H,3,5,7H2,1H3,(H,23,24);2-11,23H,1H3,(H3,19,22,26)/b25-16+;;;20-11+. The smallest absolute Gasteiger partial charge is 0.306 e. The summed E-state index contributed by atoms with van der Waals surface area (Å²) in [5.41, 5.74) is 20.3. The highest BCUT2D eigenvalue weighted by Crippen LogP contribution is 2.31. The first-order valence-electron chi connectivity index (χ1n) is 36.5. The molecule has 0 fully saturated rings. The van der Waals surface area contributed by atoms with Gasteiger partial charge in [0, 0.05) is 51.3 Å². The van der Waals surface area contributed by atoms with Gasteiger partial charge in [-0.25, -0.2) is 49.1 Å². The van der Waals surface area contributed by atoms with E-state index in [2.05, 4.69) is 72.1 Å². The predicted octanol–water partition coefficient (Wildman–Crippen LogP) is 15.4. The molecule has 0 aliphatic carbocycles. The number of sulfonamides is 4. The SMILES string of the molecule is Cc1ccc(S(=O)(=O)Nc2cccc3ccc(/C=N/NC(=O)c4ccccc4)nc23)cc1.Cc1ccc(S(=O)(=O)Nc2cccc3ccc(/C=N/NC(N)=S)nc23)cc1.Cc1ccc(S(=O)(=O)Nc2cccc3ccc(CCCC(=O)O)nc23)cc1.Cc1ccc(S(=O)(=O)Nc2cccc3ccc(CCCC(=O)OC(C)(C)C)nc23)cc1. The fraction of sp³-hybridized carbons (Fsp3) is 0.163. The summed E-state index contributed by atoms with van der Waals surface area (Å²) in [5.74, 6) is -1.42. The summed E-state index contributed by atoms with van der Waals surface area (Å²) in [6.07, 6.45) is 5.42. The van der Waals surface area contributed by atoms with Gasteiger partial charge in [0.25, 0.3) is 46.0 Å². The van der Waals surface area contributed by atoms with Gasteiger partial charge in [0.15, 0.2) is 5.11 Å². The number of thiocarbonyl (C=S) groups is 1. The van der Waals surface area contributed by atoms with E-state index >= 15 is 0 Å². The first-order valence-corrected chi connectivity index (χ1v) is 42.9. The lowest BCUT2D eigenvalue weighted by atomic mass is 10.1. The quantitative estimate of drug-likeness (QED) is 0.0114. The van der Waals surface area contributed by atoms with Gasteiger partial charge in [0.05, 0.1) is 88.2 Å². The average molecular weight is 1670 g/mol. The number of hydrazone groups is 2. The molecule has 4 aromatic heterocycles. The minimum Gasteiger partial charge on any atom is -0.481 e. The van der Waals surface area contributed by atoms with Gasteiger partial charge in [-0.15, -0.1) is 0 Å². The van der Waals surface area contributed by atoms with Gasteiger partial charge in [-0.1, -0.05) is 162 Å². The number of nitrogens with zero attached hydrogens (tertiary/aromatic N) is 6. The molecule has 26 nitrogen and oxygen atoms in total. The molecule has 0 saturated carbocycles. The summed E-state index contributed by atoms with van der Waals surface area (Å²) >= 11 is 4.68. The fourth-order valence-corrected chi connectivity index (χ4v) is 15.7. The van der Waals surface area contributed by atoms with E-state index in [0.717, 1.165) is 55.2 Å². The Kier molecular flexibility index (Phi) is 28.8. The van der Waals surface area contributed by atoms with E-state index < -0.39 is 51.7 Å². The van der Waals surface area contributed by atoms with E-state index in [9.17, 15) is 48.1 Å². The van der Waals surface area contributed by atoms with Crippen LogP contribution in [0.5, 0.6) is 0 Å². The number of carbonyl (C=O) groups is 3. The Labute approximate surface area is 684 Å². The molecule has 0 bridgehead atoms. The Hall–Kier alpha value is -12.9. The second kappa shape index (κ2) is 38.9. The second-order valence-corrected chi connectivity index (χ2v) is 34.9. The molecule has 0 aliphatic heterocycles. The number of pyridine rings is 4. The molecule has 0 spiro atoms. The van der Waals surface area contributed by atoms with Crippen molar-refractivity contribution in [3.8, 4) is 0 Å². The third-order valence-corrected chi connectivity index (χ3v) is 22.8. The van der Waals surface area contributed by atoms with Crippen LogP contribution < -0.4 is 35.5 Å². The Bertz CT molecular complexity index is 6320. The van der Waals surface area contributed by atoms with Crippen molar-refractivity contribution in [2.24, 2.45) is 15.9 Å². The van der Waals surface area contributed by atoms with Crippen molar-refractivity contribution >= 4 is 154 Å². The summed E-state index contributed by atoms with van der Waals surface area (Å²) in [6.45, 7) is 13.1. The van der Waals surface area contributed by atoms with Crippen LogP contribution in [0.25, 0.3) is 43.6 Å². The van der Waals surface area contributed by atoms with Gasteiger partial charge >= 0.3 is 11.9 Å². The van der Waals surface area contributed by atoms with Gasteiger partial charge in [0.1, 0.15) is 5.60 Å². The highest BCUT2D eigenvalue weighted by molar-refractivity contribution is 7.93. The lowest BCUT2D eigenvalue weighted by Gasteiger charge is -2.19. The molecule has 1 amide bonds. The summed E-state index contributed by atoms with van der Waals surface area (Å²) in [7, 11) is -15.0. The first-order chi connectivity index (χ1) is 55.6. The third kappa shape index (κ3) is 25.3. The number of hydrogen-bond acceptors (Lipinski definition) is 19. The second-order valence-electron chi connectivity index (χ2n) is 27.7. The number of aryl methyl sites for hydroxylation is 6. The van der Waals surface area contributed by atoms with E-state index in [4.69, 9.17) is 15.6 Å². The summed E-state index contributed by atoms with van der Waals surface area (Å²) in [6, 6.07) is 71.1. The van der Waals surface area contributed by atoms with Gasteiger partial charge < -0.3 is 15.6 Å². The number of anilines is 4. The van der Waals surface area contributed by atoms with Crippen LogP contribution >= 0.6 is 12.2 Å². The first kappa shape index (κ1) is 86.5. The Balaban J connectivity index is 0.000000165. The lowest BCUT2D eigenvalue weighted by molar-refractivity contribution is -0.155.